The molecule has 0 amide bonds. The maximum Gasteiger partial charge on any atom is 0.307 e. The van der Waals surface area contributed by atoms with E-state index in [0.29, 0.717) is 16.7 Å². The van der Waals surface area contributed by atoms with Crippen LogP contribution in [0.4, 0.5) is 0 Å². The molecule has 0 aliphatic heterocycles. The number of para-hydroxylation sites is 1. The molecule has 0 saturated heterocycles. The van der Waals surface area contributed by atoms with Gasteiger partial charge in [-0.3, -0.25) is 13.9 Å². The molecule has 2 rings (SSSR count). The third-order valence-corrected chi connectivity index (χ3v) is 1.62. The van der Waals surface area contributed by atoms with Crippen molar-refractivity contribution in [1.82, 2.24) is 0 Å². The summed E-state index contributed by atoms with van der Waals surface area (Å²) in [5.74, 6) is -0.876. The Morgan fingerprint density at radius 1 is 1.42 bits per heavy atom. The third kappa shape index (κ3) is 0.972. The SMILES string of the molecule is O=C(O)Cc1cccc2ooc12. The van der Waals surface area contributed by atoms with Crippen molar-refractivity contribution in [2.45, 2.75) is 6.42 Å². The molecule has 1 heterocycles. The fourth-order valence-corrected chi connectivity index (χ4v) is 1.08. The van der Waals surface area contributed by atoms with Crippen LogP contribution in [-0.2, 0) is 11.2 Å². The molecule has 0 radical (unpaired) electrons. The first-order valence-corrected chi connectivity index (χ1v) is 3.45. The predicted molar refractivity (Wildman–Crippen MR) is 39.8 cm³/mol. The lowest BCUT2D eigenvalue weighted by molar-refractivity contribution is -0.136. The van der Waals surface area contributed by atoms with Crippen LogP contribution >= 0.6 is 0 Å². The van der Waals surface area contributed by atoms with Crippen molar-refractivity contribution < 1.29 is 19.1 Å². The van der Waals surface area contributed by atoms with Crippen LogP contribution in [0.15, 0.2) is 27.4 Å². The smallest absolute Gasteiger partial charge is 0.307 e. The zero-order valence-electron chi connectivity index (χ0n) is 6.11. The predicted octanol–water partition coefficient (Wildman–Crippen LogP) is 1.65. The minimum Gasteiger partial charge on any atom is -0.481 e. The lowest BCUT2D eigenvalue weighted by atomic mass is 10.1. The monoisotopic (exact) mass is 166 g/mol. The fourth-order valence-electron chi connectivity index (χ4n) is 1.08. The van der Waals surface area contributed by atoms with Crippen LogP contribution < -0.4 is 0 Å². The summed E-state index contributed by atoms with van der Waals surface area (Å²) in [6, 6.07) is 5.17. The van der Waals surface area contributed by atoms with E-state index in [2.05, 4.69) is 9.15 Å². The number of carbonyl (C=O) groups is 1. The van der Waals surface area contributed by atoms with Gasteiger partial charge in [0.25, 0.3) is 0 Å². The summed E-state index contributed by atoms with van der Waals surface area (Å²) in [5.41, 5.74) is 1.79. The van der Waals surface area contributed by atoms with Gasteiger partial charge in [0.05, 0.1) is 6.42 Å². The molecule has 4 heteroatoms. The van der Waals surface area contributed by atoms with E-state index in [9.17, 15) is 4.79 Å². The number of hydrogen-bond donors (Lipinski definition) is 1. The summed E-state index contributed by atoms with van der Waals surface area (Å²) in [6.07, 6.45) is -0.0352. The zero-order valence-corrected chi connectivity index (χ0v) is 6.11. The second-order valence-electron chi connectivity index (χ2n) is 2.48. The minimum absolute atomic E-state index is 0.0352. The highest BCUT2D eigenvalue weighted by Crippen LogP contribution is 2.22. The number of benzene rings is 1. The molecule has 4 nitrogen and oxygen atoms in total. The Hall–Kier alpha value is -1.71. The van der Waals surface area contributed by atoms with E-state index in [1.54, 1.807) is 18.2 Å². The van der Waals surface area contributed by atoms with E-state index < -0.39 is 5.97 Å². The average Bonchev–Trinajstić information content (AvgIpc) is 1.91. The quantitative estimate of drug-likeness (QED) is 0.689. The van der Waals surface area contributed by atoms with Crippen molar-refractivity contribution in [3.8, 4) is 0 Å². The van der Waals surface area contributed by atoms with Crippen LogP contribution in [0.3, 0.4) is 0 Å². The van der Waals surface area contributed by atoms with Gasteiger partial charge >= 0.3 is 5.97 Å². The fraction of sp³-hybridized carbons (Fsp3) is 0.125. The van der Waals surface area contributed by atoms with Gasteiger partial charge in [0.15, 0.2) is 0 Å². The number of hydrogen-bond acceptors (Lipinski definition) is 3. The van der Waals surface area contributed by atoms with Gasteiger partial charge in [-0.25, -0.2) is 0 Å². The maximum atomic E-state index is 10.4. The second-order valence-corrected chi connectivity index (χ2v) is 2.48. The first-order valence-electron chi connectivity index (χ1n) is 3.45. The molecular formula is C8H6O4. The van der Waals surface area contributed by atoms with Crippen LogP contribution in [0.25, 0.3) is 11.2 Å². The average molecular weight is 166 g/mol. The molecular weight excluding hydrogens is 160 g/mol. The molecule has 1 N–H and O–H groups in total. The number of carboxylic acids is 1. The highest BCUT2D eigenvalue weighted by molar-refractivity contribution is 5.80. The van der Waals surface area contributed by atoms with Gasteiger partial charge in [0, 0.05) is 5.56 Å². The molecule has 0 atom stereocenters. The molecule has 0 aliphatic carbocycles. The Labute approximate surface area is 67.3 Å². The highest BCUT2D eigenvalue weighted by Gasteiger charge is 2.11. The number of rotatable bonds is 2. The van der Waals surface area contributed by atoms with Gasteiger partial charge in [0.2, 0.25) is 11.2 Å². The topological polar surface area (TPSA) is 63.6 Å². The molecule has 0 bridgehead atoms. The largest absolute Gasteiger partial charge is 0.481 e. The van der Waals surface area contributed by atoms with E-state index in [1.807, 2.05) is 0 Å². The molecule has 0 spiro atoms. The van der Waals surface area contributed by atoms with Crippen molar-refractivity contribution >= 4 is 17.1 Å². The van der Waals surface area contributed by atoms with Crippen molar-refractivity contribution in [2.75, 3.05) is 0 Å². The van der Waals surface area contributed by atoms with Crippen LogP contribution in [-0.4, -0.2) is 11.1 Å². The lowest BCUT2D eigenvalue weighted by Gasteiger charge is -2.01. The van der Waals surface area contributed by atoms with E-state index in [1.165, 1.54) is 0 Å². The normalized spacial score (nSPS) is 10.7. The Morgan fingerprint density at radius 2 is 2.25 bits per heavy atom. The van der Waals surface area contributed by atoms with Gasteiger partial charge in [-0.15, -0.1) is 0 Å². The first kappa shape index (κ1) is 6.97. The summed E-state index contributed by atoms with van der Waals surface area (Å²) in [4.78, 5) is 10.4. The second kappa shape index (κ2) is 2.41. The van der Waals surface area contributed by atoms with Crippen LogP contribution in [0, 0.1) is 0 Å². The van der Waals surface area contributed by atoms with Crippen molar-refractivity contribution in [2.24, 2.45) is 0 Å². The van der Waals surface area contributed by atoms with Crippen molar-refractivity contribution in [1.29, 1.82) is 0 Å². The van der Waals surface area contributed by atoms with Crippen molar-refractivity contribution in [3.63, 3.8) is 0 Å². The van der Waals surface area contributed by atoms with Crippen LogP contribution in [0.2, 0.25) is 0 Å². The molecule has 0 unspecified atom stereocenters. The maximum absolute atomic E-state index is 10.4. The minimum atomic E-state index is -0.876. The molecule has 0 saturated carbocycles. The molecule has 62 valence electrons. The lowest BCUT2D eigenvalue weighted by Crippen LogP contribution is -2.00. The Balaban J connectivity index is 2.43. The van der Waals surface area contributed by atoms with Crippen molar-refractivity contribution in [3.05, 3.63) is 23.8 Å². The number of carboxylic acid groups (broad SMARTS) is 1. The molecule has 1 aromatic heterocycles. The molecule has 2 aromatic rings. The van der Waals surface area contributed by atoms with E-state index >= 15 is 0 Å². The summed E-state index contributed by atoms with van der Waals surface area (Å²) in [5, 5.41) is 8.51. The van der Waals surface area contributed by atoms with Gasteiger partial charge < -0.3 is 5.11 Å². The van der Waals surface area contributed by atoms with Gasteiger partial charge in [-0.05, 0) is 6.07 Å². The van der Waals surface area contributed by atoms with E-state index in [4.69, 9.17) is 5.11 Å². The van der Waals surface area contributed by atoms with Crippen LogP contribution in [0.5, 0.6) is 0 Å². The molecule has 0 aliphatic rings. The molecule has 12 heavy (non-hydrogen) atoms. The summed E-state index contributed by atoms with van der Waals surface area (Å²) < 4.78 is 9.25. The molecule has 1 aromatic carbocycles. The summed E-state index contributed by atoms with van der Waals surface area (Å²) in [7, 11) is 0. The zero-order chi connectivity index (χ0) is 8.55. The third-order valence-electron chi connectivity index (χ3n) is 1.62. The summed E-state index contributed by atoms with van der Waals surface area (Å²) >= 11 is 0. The summed E-state index contributed by atoms with van der Waals surface area (Å²) in [6.45, 7) is 0. The standard InChI is InChI=1S/C8H6O4/c9-7(10)4-5-2-1-3-6-8(5)12-11-6/h1-3H,4H2,(H,9,10). The van der Waals surface area contributed by atoms with Gasteiger partial charge in [0.1, 0.15) is 0 Å². The Morgan fingerprint density at radius 3 is 2.83 bits per heavy atom. The molecule has 0 fully saturated rings. The van der Waals surface area contributed by atoms with Gasteiger partial charge in [-0.2, -0.15) is 0 Å². The Kier molecular flexibility index (Phi) is 1.40. The number of aliphatic carboxylic acids is 1. The van der Waals surface area contributed by atoms with Gasteiger partial charge in [-0.1, -0.05) is 12.1 Å². The highest BCUT2D eigenvalue weighted by atomic mass is 17.0. The number of fused-ring (bicyclic) bond motifs is 1. The van der Waals surface area contributed by atoms with Crippen LogP contribution in [0.1, 0.15) is 5.56 Å². The first-order chi connectivity index (χ1) is 5.77. The Bertz CT molecular complexity index is 409. The van der Waals surface area contributed by atoms with E-state index in [-0.39, 0.29) is 6.42 Å². The van der Waals surface area contributed by atoms with E-state index in [0.717, 1.165) is 0 Å².